The number of benzene rings is 1. The highest BCUT2D eigenvalue weighted by Crippen LogP contribution is 2.33. The van der Waals surface area contributed by atoms with Crippen LogP contribution in [0.4, 0.5) is 0 Å². The van der Waals surface area contributed by atoms with Crippen LogP contribution in [-0.4, -0.2) is 49.6 Å². The maximum Gasteiger partial charge on any atom is 0.246 e. The van der Waals surface area contributed by atoms with Crippen molar-refractivity contribution in [2.75, 3.05) is 27.3 Å². The molecule has 0 bridgehead atoms. The standard InChI is InChI=1S/C18H25N3O4S/c1-13-10-19-14(2)21(13)12-15-7-8-20(11-15)26(22,23)18-9-16(24-3)5-6-17(18)25-4/h5-6,9-10,15H,7-8,11-12H2,1-4H3. The molecule has 1 saturated heterocycles. The van der Waals surface area contributed by atoms with E-state index in [1.165, 1.54) is 24.6 Å². The molecule has 1 aliphatic rings. The molecule has 0 saturated carbocycles. The smallest absolute Gasteiger partial charge is 0.246 e. The monoisotopic (exact) mass is 379 g/mol. The van der Waals surface area contributed by atoms with Crippen LogP contribution in [0.5, 0.6) is 11.5 Å². The first-order valence-electron chi connectivity index (χ1n) is 8.57. The van der Waals surface area contributed by atoms with Crippen LogP contribution < -0.4 is 9.47 Å². The van der Waals surface area contributed by atoms with E-state index in [0.717, 1.165) is 24.5 Å². The van der Waals surface area contributed by atoms with Crippen molar-refractivity contribution in [2.45, 2.75) is 31.7 Å². The van der Waals surface area contributed by atoms with Gasteiger partial charge in [0.05, 0.1) is 14.2 Å². The summed E-state index contributed by atoms with van der Waals surface area (Å²) in [6.07, 6.45) is 2.67. The molecule has 3 rings (SSSR count). The van der Waals surface area contributed by atoms with Crippen LogP contribution in [0, 0.1) is 19.8 Å². The first kappa shape index (κ1) is 18.7. The van der Waals surface area contributed by atoms with Gasteiger partial charge in [-0.2, -0.15) is 4.31 Å². The van der Waals surface area contributed by atoms with Gasteiger partial charge < -0.3 is 14.0 Å². The number of ether oxygens (including phenoxy) is 2. The number of hydrogen-bond donors (Lipinski definition) is 0. The zero-order chi connectivity index (χ0) is 18.9. The summed E-state index contributed by atoms with van der Waals surface area (Å²) in [5.41, 5.74) is 1.10. The van der Waals surface area contributed by atoms with E-state index >= 15 is 0 Å². The summed E-state index contributed by atoms with van der Waals surface area (Å²) >= 11 is 0. The van der Waals surface area contributed by atoms with Crippen molar-refractivity contribution in [2.24, 2.45) is 5.92 Å². The van der Waals surface area contributed by atoms with Gasteiger partial charge in [0.25, 0.3) is 0 Å². The largest absolute Gasteiger partial charge is 0.497 e. The third-order valence-corrected chi connectivity index (χ3v) is 6.82. The maximum absolute atomic E-state index is 13.1. The summed E-state index contributed by atoms with van der Waals surface area (Å²) in [6, 6.07) is 4.83. The molecule has 0 N–H and O–H groups in total. The summed E-state index contributed by atoms with van der Waals surface area (Å²) in [5, 5.41) is 0. The van der Waals surface area contributed by atoms with Crippen molar-refractivity contribution < 1.29 is 17.9 Å². The Kier molecular flexibility index (Phi) is 5.24. The second-order valence-corrected chi connectivity index (χ2v) is 8.50. The third-order valence-electron chi connectivity index (χ3n) is 4.93. The molecule has 1 fully saturated rings. The van der Waals surface area contributed by atoms with Crippen LogP contribution in [0.1, 0.15) is 17.9 Å². The van der Waals surface area contributed by atoms with Crippen LogP contribution in [-0.2, 0) is 16.6 Å². The summed E-state index contributed by atoms with van der Waals surface area (Å²) < 4.78 is 40.4. The molecule has 1 aromatic carbocycles. The highest BCUT2D eigenvalue weighted by molar-refractivity contribution is 7.89. The van der Waals surface area contributed by atoms with E-state index in [1.54, 1.807) is 12.1 Å². The molecule has 2 aromatic rings. The minimum Gasteiger partial charge on any atom is -0.497 e. The summed E-state index contributed by atoms with van der Waals surface area (Å²) in [7, 11) is -0.658. The number of imidazole rings is 1. The van der Waals surface area contributed by atoms with Gasteiger partial charge >= 0.3 is 0 Å². The molecule has 0 radical (unpaired) electrons. The Balaban J connectivity index is 1.81. The van der Waals surface area contributed by atoms with Crippen molar-refractivity contribution in [1.29, 1.82) is 0 Å². The predicted molar refractivity (Wildman–Crippen MR) is 98.1 cm³/mol. The predicted octanol–water partition coefficient (Wildman–Crippen LogP) is 2.23. The molecule has 1 aromatic heterocycles. The van der Waals surface area contributed by atoms with Gasteiger partial charge in [-0.05, 0) is 38.3 Å². The first-order chi connectivity index (χ1) is 12.4. The first-order valence-corrected chi connectivity index (χ1v) is 10.0. The minimum absolute atomic E-state index is 0.148. The Bertz CT molecular complexity index is 872. The fourth-order valence-electron chi connectivity index (χ4n) is 3.40. The van der Waals surface area contributed by atoms with Gasteiger partial charge in [-0.3, -0.25) is 0 Å². The van der Waals surface area contributed by atoms with Crippen molar-refractivity contribution >= 4 is 10.0 Å². The second-order valence-electron chi connectivity index (χ2n) is 6.59. The van der Waals surface area contributed by atoms with E-state index in [-0.39, 0.29) is 10.8 Å². The number of aryl methyl sites for hydroxylation is 2. The van der Waals surface area contributed by atoms with Gasteiger partial charge in [0, 0.05) is 37.6 Å². The van der Waals surface area contributed by atoms with E-state index in [0.29, 0.717) is 24.6 Å². The SMILES string of the molecule is COc1ccc(OC)c(S(=O)(=O)N2CCC(Cn3c(C)cnc3C)C2)c1. The van der Waals surface area contributed by atoms with E-state index in [2.05, 4.69) is 9.55 Å². The molecule has 142 valence electrons. The third kappa shape index (κ3) is 3.43. The lowest BCUT2D eigenvalue weighted by atomic mass is 10.1. The normalized spacial score (nSPS) is 18.2. The molecule has 8 heteroatoms. The average molecular weight is 379 g/mol. The Morgan fingerprint density at radius 3 is 2.62 bits per heavy atom. The van der Waals surface area contributed by atoms with Crippen LogP contribution in [0.3, 0.4) is 0 Å². The van der Waals surface area contributed by atoms with Gasteiger partial charge in [0.15, 0.2) is 0 Å². The van der Waals surface area contributed by atoms with Crippen molar-refractivity contribution in [3.63, 3.8) is 0 Å². The fourth-order valence-corrected chi connectivity index (χ4v) is 5.11. The lowest BCUT2D eigenvalue weighted by Gasteiger charge is -2.19. The molecule has 2 heterocycles. The summed E-state index contributed by atoms with van der Waals surface area (Å²) in [4.78, 5) is 4.46. The number of aromatic nitrogens is 2. The quantitative estimate of drug-likeness (QED) is 0.769. The molecule has 1 aliphatic heterocycles. The number of hydrogen-bond acceptors (Lipinski definition) is 5. The lowest BCUT2D eigenvalue weighted by molar-refractivity contribution is 0.386. The van der Waals surface area contributed by atoms with Crippen molar-refractivity contribution in [1.82, 2.24) is 13.9 Å². The van der Waals surface area contributed by atoms with Crippen molar-refractivity contribution in [3.8, 4) is 11.5 Å². The lowest BCUT2D eigenvalue weighted by Crippen LogP contribution is -2.30. The van der Waals surface area contributed by atoms with Crippen LogP contribution in [0.2, 0.25) is 0 Å². The topological polar surface area (TPSA) is 73.7 Å². The van der Waals surface area contributed by atoms with E-state index in [1.807, 2.05) is 20.0 Å². The molecule has 0 spiro atoms. The van der Waals surface area contributed by atoms with Crippen LogP contribution in [0.15, 0.2) is 29.3 Å². The van der Waals surface area contributed by atoms with Crippen LogP contribution >= 0.6 is 0 Å². The molecule has 1 unspecified atom stereocenters. The minimum atomic E-state index is -3.64. The number of nitrogens with zero attached hydrogens (tertiary/aromatic N) is 3. The molecule has 0 amide bonds. The Morgan fingerprint density at radius 1 is 1.23 bits per heavy atom. The second kappa shape index (κ2) is 7.28. The number of sulfonamides is 1. The zero-order valence-electron chi connectivity index (χ0n) is 15.6. The molecule has 7 nitrogen and oxygen atoms in total. The molecular weight excluding hydrogens is 354 g/mol. The molecular formula is C18H25N3O4S. The Morgan fingerprint density at radius 2 is 2.00 bits per heavy atom. The van der Waals surface area contributed by atoms with Gasteiger partial charge in [0.1, 0.15) is 22.2 Å². The molecule has 1 atom stereocenters. The Labute approximate surface area is 154 Å². The molecule has 26 heavy (non-hydrogen) atoms. The van der Waals surface area contributed by atoms with Crippen LogP contribution in [0.25, 0.3) is 0 Å². The maximum atomic E-state index is 13.1. The highest BCUT2D eigenvalue weighted by Gasteiger charge is 2.35. The molecule has 0 aliphatic carbocycles. The van der Waals surface area contributed by atoms with E-state index < -0.39 is 10.0 Å². The van der Waals surface area contributed by atoms with Crippen molar-refractivity contribution in [3.05, 3.63) is 35.9 Å². The summed E-state index contributed by atoms with van der Waals surface area (Å²) in [6.45, 7) is 5.75. The Hall–Kier alpha value is -2.06. The van der Waals surface area contributed by atoms with Gasteiger partial charge in [-0.1, -0.05) is 0 Å². The number of rotatable bonds is 6. The fraction of sp³-hybridized carbons (Fsp3) is 0.500. The highest BCUT2D eigenvalue weighted by atomic mass is 32.2. The van der Waals surface area contributed by atoms with Gasteiger partial charge in [-0.15, -0.1) is 0 Å². The van der Waals surface area contributed by atoms with Gasteiger partial charge in [-0.25, -0.2) is 13.4 Å². The van der Waals surface area contributed by atoms with E-state index in [4.69, 9.17) is 9.47 Å². The average Bonchev–Trinajstić information content (AvgIpc) is 3.24. The zero-order valence-corrected chi connectivity index (χ0v) is 16.4. The van der Waals surface area contributed by atoms with E-state index in [9.17, 15) is 8.42 Å². The summed E-state index contributed by atoms with van der Waals surface area (Å²) in [5.74, 6) is 2.03. The number of methoxy groups -OCH3 is 2. The van der Waals surface area contributed by atoms with Gasteiger partial charge in [0.2, 0.25) is 10.0 Å².